The summed E-state index contributed by atoms with van der Waals surface area (Å²) in [5, 5.41) is 10.7. The largest absolute Gasteiger partial charge is 0.344 e. The number of aromatic nitrogens is 2. The van der Waals surface area contributed by atoms with Gasteiger partial charge < -0.3 is 8.97 Å². The molecule has 0 saturated carbocycles. The van der Waals surface area contributed by atoms with Crippen LogP contribution in [-0.4, -0.2) is 8.97 Å². The molecule has 5 aromatic carbocycles. The summed E-state index contributed by atoms with van der Waals surface area (Å²) in [5.41, 5.74) is 6.51. The van der Waals surface area contributed by atoms with E-state index >= 15 is 0 Å². The van der Waals surface area contributed by atoms with Gasteiger partial charge in [-0.05, 0) is 29.7 Å². The molecular formula is C31H18N2S. The van der Waals surface area contributed by atoms with E-state index in [1.54, 1.807) is 0 Å². The lowest BCUT2D eigenvalue weighted by atomic mass is 10.0. The lowest BCUT2D eigenvalue weighted by Crippen LogP contribution is -1.89. The van der Waals surface area contributed by atoms with E-state index in [1.165, 1.54) is 80.1 Å². The third-order valence-electron chi connectivity index (χ3n) is 7.86. The fraction of sp³-hybridized carbons (Fsp3) is 0.0323. The van der Waals surface area contributed by atoms with Crippen LogP contribution in [0.2, 0.25) is 0 Å². The molecule has 0 N–H and O–H groups in total. The van der Waals surface area contributed by atoms with Gasteiger partial charge in [0.05, 0.1) is 26.8 Å². The molecule has 4 heterocycles. The summed E-state index contributed by atoms with van der Waals surface area (Å²) in [6.45, 7) is 0. The van der Waals surface area contributed by atoms with Crippen molar-refractivity contribution in [3.8, 4) is 0 Å². The van der Waals surface area contributed by atoms with Crippen molar-refractivity contribution in [3.05, 3.63) is 91.0 Å². The minimum atomic E-state index is 1.28. The van der Waals surface area contributed by atoms with Gasteiger partial charge in [0.15, 0.2) is 0 Å². The molecule has 2 nitrogen and oxygen atoms in total. The molecule has 0 spiro atoms. The zero-order valence-electron chi connectivity index (χ0n) is 18.5. The summed E-state index contributed by atoms with van der Waals surface area (Å²) in [5.74, 6) is 0. The maximum atomic E-state index is 2.57. The normalized spacial score (nSPS) is 12.9. The predicted molar refractivity (Wildman–Crippen MR) is 148 cm³/mol. The Bertz CT molecular complexity index is 2290. The number of benzene rings is 5. The van der Waals surface area contributed by atoms with Crippen molar-refractivity contribution in [2.45, 2.75) is 0 Å². The van der Waals surface area contributed by atoms with Gasteiger partial charge in [-0.1, -0.05) is 66.7 Å². The molecular weight excluding hydrogens is 432 g/mol. The van der Waals surface area contributed by atoms with Crippen LogP contribution >= 0.6 is 11.3 Å². The van der Waals surface area contributed by atoms with Crippen LogP contribution in [0.15, 0.2) is 91.0 Å². The highest BCUT2D eigenvalue weighted by molar-refractivity contribution is 7.26. The highest BCUT2D eigenvalue weighted by Crippen LogP contribution is 2.46. The predicted octanol–water partition coefficient (Wildman–Crippen LogP) is 8.85. The number of hydrogen-bond donors (Lipinski definition) is 0. The van der Waals surface area contributed by atoms with Crippen LogP contribution in [-0.2, 0) is 7.05 Å². The lowest BCUT2D eigenvalue weighted by molar-refractivity contribution is 1.01. The molecule has 9 aromatic rings. The smallest absolute Gasteiger partial charge is 0.0720 e. The minimum Gasteiger partial charge on any atom is -0.344 e. The molecule has 4 aromatic heterocycles. The van der Waals surface area contributed by atoms with Crippen molar-refractivity contribution in [2.75, 3.05) is 0 Å². The Morgan fingerprint density at radius 1 is 0.500 bits per heavy atom. The molecule has 158 valence electrons. The van der Waals surface area contributed by atoms with E-state index in [1.807, 2.05) is 11.3 Å². The van der Waals surface area contributed by atoms with E-state index in [0.29, 0.717) is 0 Å². The van der Waals surface area contributed by atoms with Crippen molar-refractivity contribution in [1.82, 2.24) is 8.97 Å². The first-order valence-electron chi connectivity index (χ1n) is 11.7. The number of aryl methyl sites for hydroxylation is 1. The Balaban J connectivity index is 1.75. The number of hydrogen-bond acceptors (Lipinski definition) is 1. The Labute approximate surface area is 198 Å². The molecule has 0 amide bonds. The number of fused-ring (bicyclic) bond motifs is 9. The quantitative estimate of drug-likeness (QED) is 0.218. The second-order valence-corrected chi connectivity index (χ2v) is 10.5. The SMILES string of the molecule is Cn1c2cccc3c4cccc5c6ccc7c8ccccc8sc7c6n(c6cccc1c6c32)c45. The van der Waals surface area contributed by atoms with E-state index in [0.717, 1.165) is 0 Å². The molecule has 0 fully saturated rings. The minimum absolute atomic E-state index is 1.28. The number of thiophene rings is 1. The number of rotatable bonds is 0. The van der Waals surface area contributed by atoms with E-state index in [4.69, 9.17) is 0 Å². The van der Waals surface area contributed by atoms with Gasteiger partial charge in [0.25, 0.3) is 0 Å². The maximum Gasteiger partial charge on any atom is 0.0720 e. The molecule has 0 saturated heterocycles. The van der Waals surface area contributed by atoms with Gasteiger partial charge in [-0.25, -0.2) is 0 Å². The van der Waals surface area contributed by atoms with E-state index < -0.39 is 0 Å². The van der Waals surface area contributed by atoms with Crippen LogP contribution < -0.4 is 0 Å². The summed E-state index contributed by atoms with van der Waals surface area (Å²) >= 11 is 1.92. The molecule has 3 heteroatoms. The van der Waals surface area contributed by atoms with Gasteiger partial charge in [-0.15, -0.1) is 11.3 Å². The van der Waals surface area contributed by atoms with E-state index in [2.05, 4.69) is 107 Å². The van der Waals surface area contributed by atoms with Gasteiger partial charge >= 0.3 is 0 Å². The van der Waals surface area contributed by atoms with Gasteiger partial charge in [0.1, 0.15) is 0 Å². The van der Waals surface area contributed by atoms with Crippen LogP contribution in [0.25, 0.3) is 80.1 Å². The lowest BCUT2D eigenvalue weighted by Gasteiger charge is -2.04. The number of nitrogens with zero attached hydrogens (tertiary/aromatic N) is 2. The molecule has 0 bridgehead atoms. The van der Waals surface area contributed by atoms with Crippen molar-refractivity contribution in [2.24, 2.45) is 7.05 Å². The van der Waals surface area contributed by atoms with Crippen LogP contribution in [0.5, 0.6) is 0 Å². The summed E-state index contributed by atoms with van der Waals surface area (Å²) in [6.07, 6.45) is 0. The molecule has 0 aliphatic heterocycles. The fourth-order valence-electron chi connectivity index (χ4n) is 6.47. The average molecular weight is 451 g/mol. The first kappa shape index (κ1) is 17.4. The Morgan fingerprint density at radius 2 is 1.12 bits per heavy atom. The third kappa shape index (κ3) is 1.80. The van der Waals surface area contributed by atoms with Gasteiger partial charge in [-0.2, -0.15) is 0 Å². The Kier molecular flexibility index (Phi) is 2.91. The van der Waals surface area contributed by atoms with Gasteiger partial charge in [0, 0.05) is 55.0 Å². The summed E-state index contributed by atoms with van der Waals surface area (Å²) < 4.78 is 7.64. The van der Waals surface area contributed by atoms with Gasteiger partial charge in [0.2, 0.25) is 0 Å². The third-order valence-corrected chi connectivity index (χ3v) is 9.05. The molecule has 9 rings (SSSR count). The Hall–Kier alpha value is -4.08. The van der Waals surface area contributed by atoms with Gasteiger partial charge in [-0.3, -0.25) is 0 Å². The molecule has 34 heavy (non-hydrogen) atoms. The maximum absolute atomic E-state index is 2.57. The highest BCUT2D eigenvalue weighted by atomic mass is 32.1. The van der Waals surface area contributed by atoms with Crippen molar-refractivity contribution >= 4 is 91.4 Å². The molecule has 0 atom stereocenters. The average Bonchev–Trinajstić information content (AvgIpc) is 3.49. The van der Waals surface area contributed by atoms with Crippen LogP contribution in [0.4, 0.5) is 0 Å². The molecule has 0 unspecified atom stereocenters. The summed E-state index contributed by atoms with van der Waals surface area (Å²) in [6, 6.07) is 33.9. The zero-order valence-corrected chi connectivity index (χ0v) is 19.3. The second-order valence-electron chi connectivity index (χ2n) is 9.40. The van der Waals surface area contributed by atoms with E-state index in [9.17, 15) is 0 Å². The fourth-order valence-corrected chi connectivity index (χ4v) is 7.71. The van der Waals surface area contributed by atoms with Crippen molar-refractivity contribution < 1.29 is 0 Å². The van der Waals surface area contributed by atoms with Crippen molar-refractivity contribution in [3.63, 3.8) is 0 Å². The first-order valence-corrected chi connectivity index (χ1v) is 12.5. The highest BCUT2D eigenvalue weighted by Gasteiger charge is 2.21. The van der Waals surface area contributed by atoms with E-state index in [-0.39, 0.29) is 0 Å². The van der Waals surface area contributed by atoms with Crippen molar-refractivity contribution in [1.29, 1.82) is 0 Å². The zero-order chi connectivity index (χ0) is 22.1. The van der Waals surface area contributed by atoms with Crippen LogP contribution in [0.3, 0.4) is 0 Å². The second kappa shape index (κ2) is 5.69. The molecule has 0 aliphatic rings. The topological polar surface area (TPSA) is 9.34 Å². The van der Waals surface area contributed by atoms with Crippen LogP contribution in [0, 0.1) is 0 Å². The number of para-hydroxylation sites is 1. The monoisotopic (exact) mass is 450 g/mol. The summed E-state index contributed by atoms with van der Waals surface area (Å²) in [7, 11) is 2.19. The molecule has 0 radical (unpaired) electrons. The summed E-state index contributed by atoms with van der Waals surface area (Å²) in [4.78, 5) is 0. The molecule has 0 aliphatic carbocycles. The Morgan fingerprint density at radius 3 is 2.03 bits per heavy atom. The standard InChI is InChI=1S/C31H18N2S/c1-32-23-11-5-8-18-19-9-4-10-20-21-15-16-22-17-7-2-3-14-26(17)34-31(22)30(21)33(29(19)20)25-13-6-12-24(32)28(25)27(18)23/h2-16H,1H3. The first-order chi connectivity index (χ1) is 16.8. The van der Waals surface area contributed by atoms with Crippen LogP contribution in [0.1, 0.15) is 0 Å².